The van der Waals surface area contributed by atoms with E-state index in [4.69, 9.17) is 4.74 Å². The molecule has 0 fully saturated rings. The number of nitrogens with one attached hydrogen (secondary N) is 1. The lowest BCUT2D eigenvalue weighted by molar-refractivity contribution is -0.142. The highest BCUT2D eigenvalue weighted by Gasteiger charge is 2.04. The van der Waals surface area contributed by atoms with Crippen LogP contribution in [-0.4, -0.2) is 25.7 Å². The molecule has 0 unspecified atom stereocenters. The van der Waals surface area contributed by atoms with Crippen LogP contribution in [0, 0.1) is 0 Å². The molecule has 0 saturated heterocycles. The van der Waals surface area contributed by atoms with Crippen molar-refractivity contribution >= 4 is 17.3 Å². The van der Waals surface area contributed by atoms with Crippen molar-refractivity contribution in [2.45, 2.75) is 26.2 Å². The summed E-state index contributed by atoms with van der Waals surface area (Å²) >= 11 is 1.59. The van der Waals surface area contributed by atoms with Crippen LogP contribution in [0.1, 0.15) is 24.6 Å². The van der Waals surface area contributed by atoms with Gasteiger partial charge in [-0.2, -0.15) is 0 Å². The molecule has 1 aromatic heterocycles. The minimum absolute atomic E-state index is 0.127. The lowest BCUT2D eigenvalue weighted by Gasteiger charge is -2.04. The lowest BCUT2D eigenvalue weighted by Crippen LogP contribution is -2.18. The van der Waals surface area contributed by atoms with Crippen molar-refractivity contribution in [3.05, 3.63) is 22.4 Å². The van der Waals surface area contributed by atoms with Crippen LogP contribution in [0.15, 0.2) is 17.5 Å². The maximum Gasteiger partial charge on any atom is 0.311 e. The molecule has 1 heterocycles. The van der Waals surface area contributed by atoms with Crippen LogP contribution in [0.4, 0.5) is 0 Å². The van der Waals surface area contributed by atoms with Gasteiger partial charge in [0.1, 0.15) is 0 Å². The number of esters is 1. The van der Waals surface area contributed by atoms with Crippen molar-refractivity contribution < 1.29 is 9.53 Å². The van der Waals surface area contributed by atoms with E-state index in [2.05, 4.69) is 12.2 Å². The van der Waals surface area contributed by atoms with E-state index in [-0.39, 0.29) is 5.97 Å². The summed E-state index contributed by atoms with van der Waals surface area (Å²) in [6.07, 6.45) is 2.43. The first-order chi connectivity index (χ1) is 7.83. The Hall–Kier alpha value is -0.870. The Morgan fingerprint density at radius 2 is 2.38 bits per heavy atom. The molecule has 0 amide bonds. The van der Waals surface area contributed by atoms with Gasteiger partial charge in [-0.05, 0) is 37.4 Å². The van der Waals surface area contributed by atoms with Crippen LogP contribution in [0.5, 0.6) is 0 Å². The van der Waals surface area contributed by atoms with Crippen LogP contribution in [0.3, 0.4) is 0 Å². The molecular weight excluding hydrogens is 222 g/mol. The minimum atomic E-state index is -0.127. The summed E-state index contributed by atoms with van der Waals surface area (Å²) in [5.74, 6) is -0.127. The highest BCUT2D eigenvalue weighted by molar-refractivity contribution is 7.10. The van der Waals surface area contributed by atoms with Crippen molar-refractivity contribution in [3.8, 4) is 0 Å². The fourth-order valence-electron chi connectivity index (χ4n) is 1.29. The number of ether oxygens (including phenoxy) is 1. The van der Waals surface area contributed by atoms with Crippen LogP contribution < -0.4 is 5.32 Å². The second kappa shape index (κ2) is 8.30. The topological polar surface area (TPSA) is 38.3 Å². The van der Waals surface area contributed by atoms with Crippen molar-refractivity contribution in [1.82, 2.24) is 5.32 Å². The molecule has 0 saturated carbocycles. The molecule has 0 aromatic carbocycles. The average molecular weight is 241 g/mol. The molecule has 4 heteroatoms. The Balaban J connectivity index is 1.98. The second-order valence-corrected chi connectivity index (χ2v) is 4.61. The first-order valence-corrected chi connectivity index (χ1v) is 6.59. The van der Waals surface area contributed by atoms with E-state index >= 15 is 0 Å². The number of hydrogen-bond acceptors (Lipinski definition) is 4. The zero-order valence-corrected chi connectivity index (χ0v) is 10.5. The Morgan fingerprint density at radius 3 is 3.06 bits per heavy atom. The van der Waals surface area contributed by atoms with Gasteiger partial charge in [-0.1, -0.05) is 13.0 Å². The van der Waals surface area contributed by atoms with Crippen LogP contribution in [0.2, 0.25) is 0 Å². The molecule has 0 aliphatic heterocycles. The van der Waals surface area contributed by atoms with Crippen LogP contribution in [0.25, 0.3) is 0 Å². The van der Waals surface area contributed by atoms with Crippen molar-refractivity contribution in [2.75, 3.05) is 19.7 Å². The number of hydrogen-bond donors (Lipinski definition) is 1. The molecule has 1 aromatic rings. The predicted octanol–water partition coefficient (Wildman–Crippen LogP) is 2.22. The van der Waals surface area contributed by atoms with Gasteiger partial charge < -0.3 is 10.1 Å². The Bertz CT molecular complexity index is 285. The molecule has 0 radical (unpaired) electrons. The van der Waals surface area contributed by atoms with Gasteiger partial charge in [-0.25, -0.2) is 0 Å². The summed E-state index contributed by atoms with van der Waals surface area (Å²) < 4.78 is 5.12. The van der Waals surface area contributed by atoms with E-state index in [1.807, 2.05) is 17.5 Å². The standard InChI is InChI=1S/C12H19NO2S/c1-2-6-13-7-4-8-15-12(14)10-11-5-3-9-16-11/h3,5,9,13H,2,4,6-8,10H2,1H3. The summed E-state index contributed by atoms with van der Waals surface area (Å²) in [4.78, 5) is 12.4. The van der Waals surface area contributed by atoms with E-state index in [0.29, 0.717) is 13.0 Å². The summed E-state index contributed by atoms with van der Waals surface area (Å²) in [6.45, 7) is 4.60. The minimum Gasteiger partial charge on any atom is -0.465 e. The molecule has 0 aliphatic carbocycles. The van der Waals surface area contributed by atoms with Crippen molar-refractivity contribution in [1.29, 1.82) is 0 Å². The third-order valence-electron chi connectivity index (χ3n) is 2.09. The quantitative estimate of drug-likeness (QED) is 0.560. The highest BCUT2D eigenvalue weighted by atomic mass is 32.1. The van der Waals surface area contributed by atoms with Crippen LogP contribution >= 0.6 is 11.3 Å². The first kappa shape index (κ1) is 13.2. The van der Waals surface area contributed by atoms with Crippen molar-refractivity contribution in [3.63, 3.8) is 0 Å². The molecule has 1 rings (SSSR count). The molecule has 0 spiro atoms. The lowest BCUT2D eigenvalue weighted by atomic mass is 10.3. The predicted molar refractivity (Wildman–Crippen MR) is 66.8 cm³/mol. The fourth-order valence-corrected chi connectivity index (χ4v) is 1.98. The molecule has 1 N–H and O–H groups in total. The van der Waals surface area contributed by atoms with Gasteiger partial charge in [-0.15, -0.1) is 11.3 Å². The third kappa shape index (κ3) is 5.88. The van der Waals surface area contributed by atoms with Gasteiger partial charge in [0.25, 0.3) is 0 Å². The summed E-state index contributed by atoms with van der Waals surface area (Å²) in [5, 5.41) is 5.23. The largest absolute Gasteiger partial charge is 0.465 e. The molecular formula is C12H19NO2S. The summed E-state index contributed by atoms with van der Waals surface area (Å²) in [6, 6.07) is 3.90. The fraction of sp³-hybridized carbons (Fsp3) is 0.583. The molecule has 0 bridgehead atoms. The summed E-state index contributed by atoms with van der Waals surface area (Å²) in [5.41, 5.74) is 0. The maximum atomic E-state index is 11.4. The van der Waals surface area contributed by atoms with Gasteiger partial charge in [0, 0.05) is 4.88 Å². The SMILES string of the molecule is CCCNCCCOC(=O)Cc1cccs1. The average Bonchev–Trinajstić information content (AvgIpc) is 2.76. The zero-order chi connectivity index (χ0) is 11.6. The van der Waals surface area contributed by atoms with E-state index in [1.165, 1.54) is 0 Å². The zero-order valence-electron chi connectivity index (χ0n) is 9.70. The number of rotatable bonds is 8. The molecule has 16 heavy (non-hydrogen) atoms. The highest BCUT2D eigenvalue weighted by Crippen LogP contribution is 2.09. The molecule has 0 aliphatic rings. The van der Waals surface area contributed by atoms with E-state index < -0.39 is 0 Å². The van der Waals surface area contributed by atoms with Crippen LogP contribution in [-0.2, 0) is 16.0 Å². The summed E-state index contributed by atoms with van der Waals surface area (Å²) in [7, 11) is 0. The molecule has 0 atom stereocenters. The Morgan fingerprint density at radius 1 is 1.50 bits per heavy atom. The van der Waals surface area contributed by atoms with E-state index in [0.717, 1.165) is 30.8 Å². The van der Waals surface area contributed by atoms with Gasteiger partial charge in [0.15, 0.2) is 0 Å². The van der Waals surface area contributed by atoms with Crippen molar-refractivity contribution in [2.24, 2.45) is 0 Å². The third-order valence-corrected chi connectivity index (χ3v) is 2.96. The Kier molecular flexibility index (Phi) is 6.85. The number of carbonyl (C=O) groups excluding carboxylic acids is 1. The van der Waals surface area contributed by atoms with Gasteiger partial charge in [0.2, 0.25) is 0 Å². The van der Waals surface area contributed by atoms with E-state index in [9.17, 15) is 4.79 Å². The van der Waals surface area contributed by atoms with Gasteiger partial charge >= 0.3 is 5.97 Å². The Labute approximate surface area is 101 Å². The smallest absolute Gasteiger partial charge is 0.311 e. The normalized spacial score (nSPS) is 10.3. The monoisotopic (exact) mass is 241 g/mol. The van der Waals surface area contributed by atoms with Gasteiger partial charge in [-0.3, -0.25) is 4.79 Å². The van der Waals surface area contributed by atoms with Gasteiger partial charge in [0.05, 0.1) is 13.0 Å². The number of carbonyl (C=O) groups is 1. The second-order valence-electron chi connectivity index (χ2n) is 3.58. The molecule has 90 valence electrons. The molecule has 3 nitrogen and oxygen atoms in total. The van der Waals surface area contributed by atoms with E-state index in [1.54, 1.807) is 11.3 Å². The maximum absolute atomic E-state index is 11.4. The first-order valence-electron chi connectivity index (χ1n) is 5.71. The number of thiophene rings is 1.